The number of amides is 1. The number of furan rings is 1. The van der Waals surface area contributed by atoms with Gasteiger partial charge in [0.25, 0.3) is 0 Å². The summed E-state index contributed by atoms with van der Waals surface area (Å²) in [4.78, 5) is 15.7. The Morgan fingerprint density at radius 2 is 2.43 bits per heavy atom. The lowest BCUT2D eigenvalue weighted by atomic mass is 10.3. The number of carbonyl (C=O) groups excluding carboxylic acids is 1. The van der Waals surface area contributed by atoms with Crippen molar-refractivity contribution in [3.8, 4) is 0 Å². The third kappa shape index (κ3) is 3.59. The lowest BCUT2D eigenvalue weighted by Gasteiger charge is -1.98. The number of H-pyrrole nitrogens is 1. The molecule has 0 saturated heterocycles. The summed E-state index contributed by atoms with van der Waals surface area (Å²) in [5.41, 5.74) is 0. The molecule has 1 saturated carbocycles. The van der Waals surface area contributed by atoms with E-state index in [9.17, 15) is 4.79 Å². The second-order valence-corrected chi connectivity index (χ2v) is 5.37. The first-order valence-electron chi connectivity index (χ1n) is 7.12. The Labute approximate surface area is 122 Å². The number of hydrogen-bond donors (Lipinski definition) is 2. The third-order valence-corrected chi connectivity index (χ3v) is 3.65. The van der Waals surface area contributed by atoms with Gasteiger partial charge in [0, 0.05) is 25.0 Å². The molecule has 21 heavy (non-hydrogen) atoms. The molecule has 0 spiro atoms. The van der Waals surface area contributed by atoms with E-state index in [0.29, 0.717) is 24.8 Å². The van der Waals surface area contributed by atoms with Crippen LogP contribution in [0.5, 0.6) is 0 Å². The van der Waals surface area contributed by atoms with Crippen LogP contribution in [0.1, 0.15) is 36.6 Å². The fourth-order valence-electron chi connectivity index (χ4n) is 2.25. The summed E-state index contributed by atoms with van der Waals surface area (Å²) in [5.74, 6) is 3.62. The number of aromatic nitrogens is 3. The van der Waals surface area contributed by atoms with Crippen LogP contribution in [0.25, 0.3) is 6.08 Å². The van der Waals surface area contributed by atoms with Crippen LogP contribution in [-0.4, -0.2) is 27.6 Å². The minimum atomic E-state index is -0.146. The molecular weight excluding hydrogens is 268 g/mol. The van der Waals surface area contributed by atoms with Gasteiger partial charge in [-0.05, 0) is 30.5 Å². The van der Waals surface area contributed by atoms with E-state index in [1.54, 1.807) is 6.08 Å². The van der Waals surface area contributed by atoms with Gasteiger partial charge in [0.1, 0.15) is 23.7 Å². The normalized spacial score (nSPS) is 20.8. The van der Waals surface area contributed by atoms with Gasteiger partial charge in [0.15, 0.2) is 0 Å². The SMILES string of the molecule is CC1CC1c1ccc(C=CC(=O)NCCc2ncn[nH]2)o1. The van der Waals surface area contributed by atoms with E-state index in [4.69, 9.17) is 4.42 Å². The van der Waals surface area contributed by atoms with Gasteiger partial charge in [-0.15, -0.1) is 0 Å². The highest BCUT2D eigenvalue weighted by atomic mass is 16.3. The Bertz CT molecular complexity index is 630. The number of carbonyl (C=O) groups is 1. The van der Waals surface area contributed by atoms with Crippen LogP contribution >= 0.6 is 0 Å². The quantitative estimate of drug-likeness (QED) is 0.794. The van der Waals surface area contributed by atoms with Gasteiger partial charge >= 0.3 is 0 Å². The molecule has 0 aliphatic heterocycles. The highest BCUT2D eigenvalue weighted by Crippen LogP contribution is 2.47. The molecule has 1 amide bonds. The van der Waals surface area contributed by atoms with Gasteiger partial charge < -0.3 is 9.73 Å². The van der Waals surface area contributed by atoms with E-state index in [1.807, 2.05) is 12.1 Å². The second kappa shape index (κ2) is 5.95. The Balaban J connectivity index is 1.44. The van der Waals surface area contributed by atoms with E-state index in [2.05, 4.69) is 27.4 Å². The smallest absolute Gasteiger partial charge is 0.244 e. The molecule has 2 aromatic rings. The lowest BCUT2D eigenvalue weighted by molar-refractivity contribution is -0.116. The monoisotopic (exact) mass is 286 g/mol. The molecule has 2 N–H and O–H groups in total. The maximum absolute atomic E-state index is 11.7. The lowest BCUT2D eigenvalue weighted by Crippen LogP contribution is -2.23. The molecule has 0 aromatic carbocycles. The maximum atomic E-state index is 11.7. The Morgan fingerprint density at radius 3 is 3.14 bits per heavy atom. The number of hydrogen-bond acceptors (Lipinski definition) is 4. The summed E-state index contributed by atoms with van der Waals surface area (Å²) in [6, 6.07) is 3.90. The Hall–Kier alpha value is -2.37. The number of aromatic amines is 1. The minimum Gasteiger partial charge on any atom is -0.461 e. The zero-order chi connectivity index (χ0) is 14.7. The van der Waals surface area contributed by atoms with Gasteiger partial charge in [0.05, 0.1) is 0 Å². The fraction of sp³-hybridized carbons (Fsp3) is 0.400. The van der Waals surface area contributed by atoms with Crippen molar-refractivity contribution in [3.05, 3.63) is 41.9 Å². The molecule has 6 nitrogen and oxygen atoms in total. The summed E-state index contributed by atoms with van der Waals surface area (Å²) >= 11 is 0. The topological polar surface area (TPSA) is 83.8 Å². The molecule has 0 radical (unpaired) electrons. The average molecular weight is 286 g/mol. The number of nitrogens with one attached hydrogen (secondary N) is 2. The first-order valence-corrected chi connectivity index (χ1v) is 7.12. The van der Waals surface area contributed by atoms with Crippen molar-refractivity contribution in [1.82, 2.24) is 20.5 Å². The summed E-state index contributed by atoms with van der Waals surface area (Å²) in [5, 5.41) is 9.28. The van der Waals surface area contributed by atoms with Crippen molar-refractivity contribution >= 4 is 12.0 Å². The summed E-state index contributed by atoms with van der Waals surface area (Å²) < 4.78 is 5.70. The Kier molecular flexibility index (Phi) is 3.85. The van der Waals surface area contributed by atoms with E-state index in [-0.39, 0.29) is 5.91 Å². The van der Waals surface area contributed by atoms with Gasteiger partial charge in [-0.3, -0.25) is 9.89 Å². The molecule has 0 bridgehead atoms. The summed E-state index contributed by atoms with van der Waals surface area (Å²) in [6.07, 6.45) is 6.45. The zero-order valence-electron chi connectivity index (χ0n) is 11.9. The minimum absolute atomic E-state index is 0.146. The Morgan fingerprint density at radius 1 is 1.57 bits per heavy atom. The fourth-order valence-corrected chi connectivity index (χ4v) is 2.25. The molecule has 2 atom stereocenters. The second-order valence-electron chi connectivity index (χ2n) is 5.37. The number of nitrogens with zero attached hydrogens (tertiary/aromatic N) is 2. The molecule has 1 aliphatic rings. The first kappa shape index (κ1) is 13.6. The van der Waals surface area contributed by atoms with Crippen molar-refractivity contribution in [2.45, 2.75) is 25.7 Å². The maximum Gasteiger partial charge on any atom is 0.244 e. The highest BCUT2D eigenvalue weighted by Gasteiger charge is 2.36. The molecule has 110 valence electrons. The van der Waals surface area contributed by atoms with Crippen LogP contribution in [0.15, 0.2) is 29.0 Å². The van der Waals surface area contributed by atoms with Gasteiger partial charge in [0.2, 0.25) is 5.91 Å². The van der Waals surface area contributed by atoms with Crippen LogP contribution in [0.2, 0.25) is 0 Å². The van der Waals surface area contributed by atoms with Crippen LogP contribution in [0, 0.1) is 5.92 Å². The summed E-state index contributed by atoms with van der Waals surface area (Å²) in [6.45, 7) is 2.73. The van der Waals surface area contributed by atoms with E-state index in [1.165, 1.54) is 18.8 Å². The average Bonchev–Trinajstić information content (AvgIpc) is 2.90. The van der Waals surface area contributed by atoms with Gasteiger partial charge in [-0.2, -0.15) is 5.10 Å². The van der Waals surface area contributed by atoms with E-state index < -0.39 is 0 Å². The molecule has 3 rings (SSSR count). The molecule has 2 unspecified atom stereocenters. The molecular formula is C15H18N4O2. The molecule has 1 aliphatic carbocycles. The van der Waals surface area contributed by atoms with Crippen molar-refractivity contribution in [1.29, 1.82) is 0 Å². The molecule has 6 heteroatoms. The predicted octanol–water partition coefficient (Wildman–Crippen LogP) is 1.89. The number of rotatable bonds is 6. The van der Waals surface area contributed by atoms with E-state index in [0.717, 1.165) is 17.3 Å². The third-order valence-electron chi connectivity index (χ3n) is 3.65. The van der Waals surface area contributed by atoms with Crippen LogP contribution in [-0.2, 0) is 11.2 Å². The largest absolute Gasteiger partial charge is 0.461 e. The van der Waals surface area contributed by atoms with Crippen LogP contribution in [0.3, 0.4) is 0 Å². The first-order chi connectivity index (χ1) is 10.2. The zero-order valence-corrected chi connectivity index (χ0v) is 11.9. The van der Waals surface area contributed by atoms with Crippen LogP contribution in [0.4, 0.5) is 0 Å². The van der Waals surface area contributed by atoms with Crippen LogP contribution < -0.4 is 5.32 Å². The van der Waals surface area contributed by atoms with Crippen molar-refractivity contribution < 1.29 is 9.21 Å². The van der Waals surface area contributed by atoms with E-state index >= 15 is 0 Å². The predicted molar refractivity (Wildman–Crippen MR) is 77.4 cm³/mol. The highest BCUT2D eigenvalue weighted by molar-refractivity contribution is 5.91. The van der Waals surface area contributed by atoms with Gasteiger partial charge in [-0.25, -0.2) is 4.98 Å². The standard InChI is InChI=1S/C15H18N4O2/c1-10-8-12(10)13-4-2-11(21-13)3-5-15(20)16-7-6-14-17-9-18-19-14/h2-5,9-10,12H,6-8H2,1H3,(H,16,20)(H,17,18,19). The van der Waals surface area contributed by atoms with Crippen molar-refractivity contribution in [2.24, 2.45) is 5.92 Å². The van der Waals surface area contributed by atoms with Crippen molar-refractivity contribution in [3.63, 3.8) is 0 Å². The summed E-state index contributed by atoms with van der Waals surface area (Å²) in [7, 11) is 0. The van der Waals surface area contributed by atoms with Gasteiger partial charge in [-0.1, -0.05) is 6.92 Å². The van der Waals surface area contributed by atoms with Crippen molar-refractivity contribution in [2.75, 3.05) is 6.54 Å². The molecule has 1 fully saturated rings. The molecule has 2 heterocycles. The molecule has 2 aromatic heterocycles.